The third kappa shape index (κ3) is 3.57. The van der Waals surface area contributed by atoms with Crippen LogP contribution in [0.15, 0.2) is 24.3 Å². The van der Waals surface area contributed by atoms with E-state index in [-0.39, 0.29) is 0 Å². The van der Waals surface area contributed by atoms with Crippen LogP contribution >= 0.6 is 0 Å². The maximum atomic E-state index is 3.48. The molecule has 1 N–H and O–H groups in total. The molecule has 0 saturated heterocycles. The molecule has 0 aromatic heterocycles. The van der Waals surface area contributed by atoms with Gasteiger partial charge in [0.15, 0.2) is 0 Å². The van der Waals surface area contributed by atoms with Crippen LogP contribution in [0.5, 0.6) is 0 Å². The standard InChI is InChI=1S/C16H25N/c1-3-17-13(2)10-11-14-6-4-9-16(12-14)15-7-5-8-15/h4,6,9,12-13,15,17H,3,5,7-8,10-11H2,1-2H3. The van der Waals surface area contributed by atoms with Gasteiger partial charge in [0.25, 0.3) is 0 Å². The number of benzene rings is 1. The van der Waals surface area contributed by atoms with Gasteiger partial charge >= 0.3 is 0 Å². The second kappa shape index (κ2) is 6.20. The molecule has 0 bridgehead atoms. The van der Waals surface area contributed by atoms with Crippen LogP contribution in [-0.4, -0.2) is 12.6 Å². The van der Waals surface area contributed by atoms with Gasteiger partial charge in [0.2, 0.25) is 0 Å². The Kier molecular flexibility index (Phi) is 4.61. The highest BCUT2D eigenvalue weighted by atomic mass is 14.9. The fraction of sp³-hybridized carbons (Fsp3) is 0.625. The molecule has 1 fully saturated rings. The molecule has 1 heteroatoms. The molecular weight excluding hydrogens is 206 g/mol. The lowest BCUT2D eigenvalue weighted by Gasteiger charge is -2.26. The van der Waals surface area contributed by atoms with Gasteiger partial charge < -0.3 is 5.32 Å². The first kappa shape index (κ1) is 12.6. The maximum Gasteiger partial charge on any atom is 0.00417 e. The van der Waals surface area contributed by atoms with E-state index < -0.39 is 0 Å². The molecular formula is C16H25N. The van der Waals surface area contributed by atoms with E-state index in [9.17, 15) is 0 Å². The topological polar surface area (TPSA) is 12.0 Å². The van der Waals surface area contributed by atoms with Crippen LogP contribution in [0.1, 0.15) is 56.6 Å². The summed E-state index contributed by atoms with van der Waals surface area (Å²) in [5, 5.41) is 3.48. The maximum absolute atomic E-state index is 3.48. The summed E-state index contributed by atoms with van der Waals surface area (Å²) >= 11 is 0. The van der Waals surface area contributed by atoms with Gasteiger partial charge in [-0.1, -0.05) is 37.6 Å². The minimum atomic E-state index is 0.632. The third-order valence-electron chi connectivity index (χ3n) is 3.95. The minimum Gasteiger partial charge on any atom is -0.315 e. The first-order valence-electron chi connectivity index (χ1n) is 7.12. The predicted molar refractivity (Wildman–Crippen MR) is 74.5 cm³/mol. The van der Waals surface area contributed by atoms with Crippen LogP contribution in [0.2, 0.25) is 0 Å². The van der Waals surface area contributed by atoms with E-state index in [1.165, 1.54) is 37.7 Å². The first-order valence-corrected chi connectivity index (χ1v) is 7.12. The highest BCUT2D eigenvalue weighted by Gasteiger charge is 2.19. The molecule has 0 amide bonds. The fourth-order valence-corrected chi connectivity index (χ4v) is 2.58. The van der Waals surface area contributed by atoms with Crippen LogP contribution < -0.4 is 5.32 Å². The highest BCUT2D eigenvalue weighted by Crippen LogP contribution is 2.36. The van der Waals surface area contributed by atoms with E-state index in [2.05, 4.69) is 43.4 Å². The zero-order valence-electron chi connectivity index (χ0n) is 11.2. The van der Waals surface area contributed by atoms with Gasteiger partial charge in [-0.2, -0.15) is 0 Å². The van der Waals surface area contributed by atoms with Gasteiger partial charge in [0.05, 0.1) is 0 Å². The quantitative estimate of drug-likeness (QED) is 0.783. The van der Waals surface area contributed by atoms with Crippen molar-refractivity contribution in [2.75, 3.05) is 6.54 Å². The average Bonchev–Trinajstić information content (AvgIpc) is 2.25. The molecule has 0 heterocycles. The van der Waals surface area contributed by atoms with Crippen LogP contribution in [-0.2, 0) is 6.42 Å². The summed E-state index contributed by atoms with van der Waals surface area (Å²) in [6.45, 7) is 5.52. The molecule has 1 aliphatic rings. The Morgan fingerprint density at radius 3 is 2.82 bits per heavy atom. The van der Waals surface area contributed by atoms with Gasteiger partial charge in [-0.15, -0.1) is 0 Å². The smallest absolute Gasteiger partial charge is 0.00417 e. The molecule has 94 valence electrons. The van der Waals surface area contributed by atoms with Crippen molar-refractivity contribution in [2.45, 2.75) is 57.9 Å². The summed E-state index contributed by atoms with van der Waals surface area (Å²) < 4.78 is 0. The van der Waals surface area contributed by atoms with E-state index in [4.69, 9.17) is 0 Å². The minimum absolute atomic E-state index is 0.632. The van der Waals surface area contributed by atoms with E-state index in [0.717, 1.165) is 12.5 Å². The van der Waals surface area contributed by atoms with Crippen molar-refractivity contribution in [2.24, 2.45) is 0 Å². The Hall–Kier alpha value is -0.820. The van der Waals surface area contributed by atoms with E-state index in [0.29, 0.717) is 6.04 Å². The zero-order chi connectivity index (χ0) is 12.1. The Morgan fingerprint density at radius 1 is 1.35 bits per heavy atom. The summed E-state index contributed by atoms with van der Waals surface area (Å²) in [7, 11) is 0. The molecule has 1 unspecified atom stereocenters. The summed E-state index contributed by atoms with van der Waals surface area (Å²) in [4.78, 5) is 0. The van der Waals surface area contributed by atoms with Crippen molar-refractivity contribution in [3.63, 3.8) is 0 Å². The molecule has 1 aliphatic carbocycles. The number of nitrogens with one attached hydrogen (secondary N) is 1. The van der Waals surface area contributed by atoms with Gasteiger partial charge in [0, 0.05) is 6.04 Å². The fourth-order valence-electron chi connectivity index (χ4n) is 2.58. The molecule has 0 spiro atoms. The summed E-state index contributed by atoms with van der Waals surface area (Å²) in [6.07, 6.45) is 6.66. The van der Waals surface area contributed by atoms with Crippen molar-refractivity contribution < 1.29 is 0 Å². The predicted octanol–water partition coefficient (Wildman–Crippen LogP) is 3.88. The summed E-state index contributed by atoms with van der Waals surface area (Å²) in [5.41, 5.74) is 3.09. The van der Waals surface area contributed by atoms with Crippen LogP contribution in [0.25, 0.3) is 0 Å². The van der Waals surface area contributed by atoms with E-state index in [1.54, 1.807) is 5.56 Å². The Balaban J connectivity index is 1.87. The van der Waals surface area contributed by atoms with E-state index in [1.807, 2.05) is 0 Å². The van der Waals surface area contributed by atoms with Crippen molar-refractivity contribution in [1.29, 1.82) is 0 Å². The van der Waals surface area contributed by atoms with Crippen molar-refractivity contribution in [3.05, 3.63) is 35.4 Å². The Bertz CT molecular complexity index is 341. The Labute approximate surface area is 106 Å². The second-order valence-electron chi connectivity index (χ2n) is 5.37. The monoisotopic (exact) mass is 231 g/mol. The molecule has 1 atom stereocenters. The SMILES string of the molecule is CCNC(C)CCc1cccc(C2CCC2)c1. The Morgan fingerprint density at radius 2 is 2.18 bits per heavy atom. The largest absolute Gasteiger partial charge is 0.315 e. The molecule has 1 aromatic rings. The molecule has 1 aromatic carbocycles. The molecule has 2 rings (SSSR count). The molecule has 0 aliphatic heterocycles. The highest BCUT2D eigenvalue weighted by molar-refractivity contribution is 5.27. The average molecular weight is 231 g/mol. The summed E-state index contributed by atoms with van der Waals surface area (Å²) in [6, 6.07) is 9.89. The normalized spacial score (nSPS) is 17.8. The van der Waals surface area contributed by atoms with Gasteiger partial charge in [0.1, 0.15) is 0 Å². The third-order valence-corrected chi connectivity index (χ3v) is 3.95. The number of aryl methyl sites for hydroxylation is 1. The second-order valence-corrected chi connectivity index (χ2v) is 5.37. The van der Waals surface area contributed by atoms with Crippen molar-refractivity contribution in [3.8, 4) is 0 Å². The zero-order valence-corrected chi connectivity index (χ0v) is 11.2. The number of hydrogen-bond acceptors (Lipinski definition) is 1. The van der Waals surface area contributed by atoms with Crippen molar-refractivity contribution >= 4 is 0 Å². The number of hydrogen-bond donors (Lipinski definition) is 1. The lowest BCUT2D eigenvalue weighted by molar-refractivity contribution is 0.419. The van der Waals surface area contributed by atoms with Gasteiger partial charge in [-0.05, 0) is 56.2 Å². The molecule has 1 saturated carbocycles. The molecule has 1 nitrogen and oxygen atoms in total. The van der Waals surface area contributed by atoms with Crippen molar-refractivity contribution in [1.82, 2.24) is 5.32 Å². The lowest BCUT2D eigenvalue weighted by Crippen LogP contribution is -2.25. The molecule has 17 heavy (non-hydrogen) atoms. The molecule has 0 radical (unpaired) electrons. The van der Waals surface area contributed by atoms with E-state index >= 15 is 0 Å². The van der Waals surface area contributed by atoms with Crippen LogP contribution in [0, 0.1) is 0 Å². The first-order chi connectivity index (χ1) is 8.29. The van der Waals surface area contributed by atoms with Gasteiger partial charge in [-0.25, -0.2) is 0 Å². The number of rotatable bonds is 6. The summed E-state index contributed by atoms with van der Waals surface area (Å²) in [5.74, 6) is 0.862. The van der Waals surface area contributed by atoms with Gasteiger partial charge in [-0.3, -0.25) is 0 Å². The lowest BCUT2D eigenvalue weighted by atomic mass is 9.79. The van der Waals surface area contributed by atoms with Crippen LogP contribution in [0.3, 0.4) is 0 Å². The van der Waals surface area contributed by atoms with Crippen LogP contribution in [0.4, 0.5) is 0 Å².